The summed E-state index contributed by atoms with van der Waals surface area (Å²) in [6, 6.07) is 0.0682. The van der Waals surface area contributed by atoms with Crippen LogP contribution in [0.25, 0.3) is 17.8 Å². The Morgan fingerprint density at radius 3 is 2.76 bits per heavy atom. The summed E-state index contributed by atoms with van der Waals surface area (Å²) < 4.78 is 2.73. The number of hydrogen-bond donors (Lipinski definition) is 2. The molecule has 3 heterocycles. The molecule has 0 aliphatic heterocycles. The lowest BCUT2D eigenvalue weighted by Gasteiger charge is -2.15. The van der Waals surface area contributed by atoms with Gasteiger partial charge in [-0.15, -0.1) is 0 Å². The van der Waals surface area contributed by atoms with Crippen molar-refractivity contribution in [1.82, 2.24) is 29.5 Å². The van der Waals surface area contributed by atoms with Crippen molar-refractivity contribution in [3.63, 3.8) is 0 Å². The summed E-state index contributed by atoms with van der Waals surface area (Å²) in [5, 5.41) is 17.7. The zero-order valence-electron chi connectivity index (χ0n) is 16.2. The Balaban J connectivity index is 1.86. The highest BCUT2D eigenvalue weighted by atomic mass is 16.3. The molecule has 9 nitrogen and oxygen atoms in total. The van der Waals surface area contributed by atoms with Crippen LogP contribution in [0.3, 0.4) is 0 Å². The van der Waals surface area contributed by atoms with Gasteiger partial charge in [-0.25, -0.2) is 0 Å². The molecule has 0 atom stereocenters. The predicted octanol–water partition coefficient (Wildman–Crippen LogP) is 1.71. The molecule has 3 aromatic heterocycles. The summed E-state index contributed by atoms with van der Waals surface area (Å²) in [7, 11) is 0. The van der Waals surface area contributed by atoms with Gasteiger partial charge in [0.15, 0.2) is 5.56 Å². The van der Waals surface area contributed by atoms with Crippen molar-refractivity contribution < 1.29 is 9.90 Å². The number of amides is 1. The standard InChI is InChI=1S/C20H22N6O3/c1-12(2)11-25-18-13(3-4-15-10-21-7-8-22-15)9-23-26(18)20(29)16(19(25)28)17(27)24-14-5-6-14/h3-4,7-10,12,14,29H,5-6,11H2,1-2H3,(H,24,27). The first-order valence-electron chi connectivity index (χ1n) is 9.54. The molecule has 0 aromatic carbocycles. The molecule has 2 N–H and O–H groups in total. The summed E-state index contributed by atoms with van der Waals surface area (Å²) in [5.74, 6) is -0.879. The van der Waals surface area contributed by atoms with Gasteiger partial charge in [0.1, 0.15) is 5.65 Å². The van der Waals surface area contributed by atoms with Crippen molar-refractivity contribution in [3.05, 3.63) is 52.0 Å². The first-order valence-corrected chi connectivity index (χ1v) is 9.54. The Kier molecular flexibility index (Phi) is 4.87. The maximum atomic E-state index is 13.2. The fourth-order valence-corrected chi connectivity index (χ4v) is 3.12. The van der Waals surface area contributed by atoms with Crippen molar-refractivity contribution in [2.24, 2.45) is 5.92 Å². The van der Waals surface area contributed by atoms with E-state index in [0.29, 0.717) is 23.4 Å². The molecule has 0 saturated heterocycles. The molecule has 0 bridgehead atoms. The summed E-state index contributed by atoms with van der Waals surface area (Å²) >= 11 is 0. The van der Waals surface area contributed by atoms with Crippen molar-refractivity contribution in [1.29, 1.82) is 0 Å². The molecular formula is C20H22N6O3. The highest BCUT2D eigenvalue weighted by Crippen LogP contribution is 2.23. The normalized spacial score (nSPS) is 14.2. The minimum atomic E-state index is -0.568. The highest BCUT2D eigenvalue weighted by Gasteiger charge is 2.29. The Labute approximate surface area is 166 Å². The third-order valence-corrected chi connectivity index (χ3v) is 4.61. The minimum absolute atomic E-state index is 0.0682. The van der Waals surface area contributed by atoms with E-state index >= 15 is 0 Å². The SMILES string of the molecule is CC(C)Cn1c(=O)c(C(=O)NC2CC2)c(O)n2ncc(C=Cc3cnccn3)c12. The van der Waals surface area contributed by atoms with Gasteiger partial charge in [0.05, 0.1) is 18.1 Å². The molecule has 1 aliphatic carbocycles. The second-order valence-corrected chi connectivity index (χ2v) is 7.55. The van der Waals surface area contributed by atoms with Gasteiger partial charge in [-0.05, 0) is 30.9 Å². The van der Waals surface area contributed by atoms with E-state index in [4.69, 9.17) is 0 Å². The van der Waals surface area contributed by atoms with Crippen LogP contribution in [0.5, 0.6) is 5.88 Å². The average molecular weight is 394 g/mol. The number of nitrogens with zero attached hydrogens (tertiary/aromatic N) is 5. The Hall–Kier alpha value is -3.49. The maximum Gasteiger partial charge on any atom is 0.270 e. The zero-order valence-corrected chi connectivity index (χ0v) is 16.2. The Morgan fingerprint density at radius 1 is 1.31 bits per heavy atom. The van der Waals surface area contributed by atoms with E-state index in [-0.39, 0.29) is 17.5 Å². The van der Waals surface area contributed by atoms with Crippen LogP contribution >= 0.6 is 0 Å². The van der Waals surface area contributed by atoms with Gasteiger partial charge in [-0.1, -0.05) is 13.8 Å². The van der Waals surface area contributed by atoms with Crippen molar-refractivity contribution in [3.8, 4) is 5.88 Å². The fraction of sp³-hybridized carbons (Fsp3) is 0.350. The number of carbonyl (C=O) groups excluding carboxylic acids is 1. The van der Waals surface area contributed by atoms with E-state index in [9.17, 15) is 14.7 Å². The monoisotopic (exact) mass is 394 g/mol. The van der Waals surface area contributed by atoms with Gasteiger partial charge in [-0.3, -0.25) is 24.1 Å². The zero-order chi connectivity index (χ0) is 20.5. The van der Waals surface area contributed by atoms with E-state index in [1.54, 1.807) is 36.9 Å². The predicted molar refractivity (Wildman–Crippen MR) is 107 cm³/mol. The fourth-order valence-electron chi connectivity index (χ4n) is 3.12. The van der Waals surface area contributed by atoms with Crippen molar-refractivity contribution >= 4 is 23.7 Å². The lowest BCUT2D eigenvalue weighted by Crippen LogP contribution is -2.36. The van der Waals surface area contributed by atoms with E-state index in [2.05, 4.69) is 20.4 Å². The molecule has 1 aliphatic rings. The molecule has 1 amide bonds. The minimum Gasteiger partial charge on any atom is -0.492 e. The third-order valence-electron chi connectivity index (χ3n) is 4.61. The van der Waals surface area contributed by atoms with E-state index in [1.165, 1.54) is 9.08 Å². The molecule has 29 heavy (non-hydrogen) atoms. The summed E-state index contributed by atoms with van der Waals surface area (Å²) in [5.41, 5.74) is 0.880. The maximum absolute atomic E-state index is 13.2. The summed E-state index contributed by atoms with van der Waals surface area (Å²) in [6.45, 7) is 4.33. The second kappa shape index (κ2) is 7.50. The summed E-state index contributed by atoms with van der Waals surface area (Å²) in [6.07, 6.45) is 11.6. The van der Waals surface area contributed by atoms with E-state index in [1.807, 2.05) is 13.8 Å². The first kappa shape index (κ1) is 18.9. The van der Waals surface area contributed by atoms with Crippen LogP contribution in [0.1, 0.15) is 48.3 Å². The smallest absolute Gasteiger partial charge is 0.270 e. The quantitative estimate of drug-likeness (QED) is 0.658. The topological polar surface area (TPSA) is 114 Å². The molecule has 1 fully saturated rings. The number of hydrogen-bond acceptors (Lipinski definition) is 6. The van der Waals surface area contributed by atoms with Gasteiger partial charge in [0.25, 0.3) is 11.5 Å². The van der Waals surface area contributed by atoms with Gasteiger partial charge >= 0.3 is 0 Å². The van der Waals surface area contributed by atoms with Gasteiger partial charge < -0.3 is 10.4 Å². The number of aromatic nitrogens is 5. The molecule has 0 spiro atoms. The van der Waals surface area contributed by atoms with Crippen LogP contribution < -0.4 is 10.9 Å². The lowest BCUT2D eigenvalue weighted by molar-refractivity contribution is 0.0944. The van der Waals surface area contributed by atoms with Crippen molar-refractivity contribution in [2.75, 3.05) is 0 Å². The third kappa shape index (κ3) is 3.75. The van der Waals surface area contributed by atoms with Gasteiger partial charge in [0, 0.05) is 30.5 Å². The van der Waals surface area contributed by atoms with Crippen LogP contribution in [0.4, 0.5) is 0 Å². The number of carbonyl (C=O) groups is 1. The van der Waals surface area contributed by atoms with Crippen LogP contribution in [0, 0.1) is 5.92 Å². The summed E-state index contributed by atoms with van der Waals surface area (Å²) in [4.78, 5) is 33.9. The van der Waals surface area contributed by atoms with Crippen LogP contribution in [0.15, 0.2) is 29.6 Å². The molecule has 150 valence electrons. The van der Waals surface area contributed by atoms with Crippen LogP contribution in [0.2, 0.25) is 0 Å². The number of aromatic hydroxyl groups is 1. The molecule has 0 radical (unpaired) electrons. The molecule has 9 heteroatoms. The van der Waals surface area contributed by atoms with Gasteiger partial charge in [-0.2, -0.15) is 9.61 Å². The molecule has 4 rings (SSSR count). The first-order chi connectivity index (χ1) is 14.0. The molecular weight excluding hydrogens is 372 g/mol. The molecule has 0 unspecified atom stereocenters. The Bertz CT molecular complexity index is 1140. The van der Waals surface area contributed by atoms with Crippen molar-refractivity contribution in [2.45, 2.75) is 39.3 Å². The largest absolute Gasteiger partial charge is 0.492 e. The van der Waals surface area contributed by atoms with E-state index < -0.39 is 17.3 Å². The second-order valence-electron chi connectivity index (χ2n) is 7.55. The highest BCUT2D eigenvalue weighted by molar-refractivity contribution is 5.96. The number of nitrogens with one attached hydrogen (secondary N) is 1. The average Bonchev–Trinajstić information content (AvgIpc) is 3.40. The van der Waals surface area contributed by atoms with Gasteiger partial charge in [0.2, 0.25) is 5.88 Å². The molecule has 3 aromatic rings. The lowest BCUT2D eigenvalue weighted by atomic mass is 10.2. The Morgan fingerprint density at radius 2 is 2.10 bits per heavy atom. The van der Waals surface area contributed by atoms with Crippen LogP contribution in [-0.4, -0.2) is 41.2 Å². The van der Waals surface area contributed by atoms with E-state index in [0.717, 1.165) is 12.8 Å². The van der Waals surface area contributed by atoms with Crippen LogP contribution in [-0.2, 0) is 6.54 Å². The number of fused-ring (bicyclic) bond motifs is 1. The molecule has 1 saturated carbocycles. The number of rotatable bonds is 6.